The lowest BCUT2D eigenvalue weighted by atomic mass is 10.1. The summed E-state index contributed by atoms with van der Waals surface area (Å²) in [6.07, 6.45) is 0. The van der Waals surface area contributed by atoms with Crippen LogP contribution < -0.4 is 10.6 Å². The first-order valence-electron chi connectivity index (χ1n) is 8.91. The molecule has 0 radical (unpaired) electrons. The number of benzene rings is 3. The molecular weight excluding hydrogens is 392 g/mol. The Morgan fingerprint density at radius 1 is 1.07 bits per heavy atom. The zero-order valence-corrected chi connectivity index (χ0v) is 17.2. The van der Waals surface area contributed by atoms with Crippen LogP contribution in [0.1, 0.15) is 25.5 Å². The molecule has 3 aromatic carbocycles. The summed E-state index contributed by atoms with van der Waals surface area (Å²) in [5, 5.41) is 8.47. The van der Waals surface area contributed by atoms with Gasteiger partial charge in [-0.25, -0.2) is 0 Å². The number of anilines is 1. The molecule has 0 bridgehead atoms. The number of fused-ring (bicyclic) bond motifs is 1. The third kappa shape index (κ3) is 5.06. The molecule has 0 saturated carbocycles. The summed E-state index contributed by atoms with van der Waals surface area (Å²) in [6.45, 7) is 3.39. The fraction of sp³-hybridized carbons (Fsp3) is 0.182. The van der Waals surface area contributed by atoms with E-state index in [2.05, 4.69) is 10.6 Å². The molecule has 0 aliphatic heterocycles. The number of nitrogens with one attached hydrogen (secondary N) is 2. The summed E-state index contributed by atoms with van der Waals surface area (Å²) < 4.78 is 0. The highest BCUT2D eigenvalue weighted by atomic mass is 35.5. The number of carbonyl (C=O) groups excluding carboxylic acids is 2. The van der Waals surface area contributed by atoms with Gasteiger partial charge < -0.3 is 10.6 Å². The standard InChI is InChI=1S/C22H21ClN2O2S/c1-14(17-8-3-9-18(12-17)25-15(2)26)24-21(27)13-28-20-11-5-7-16-6-4-10-19(23)22(16)20/h3-12,14H,13H2,1-2H3,(H,24,27)(H,25,26). The van der Waals surface area contributed by atoms with Crippen LogP contribution in [0.25, 0.3) is 10.8 Å². The lowest BCUT2D eigenvalue weighted by Gasteiger charge is -2.16. The molecule has 4 nitrogen and oxygen atoms in total. The molecule has 1 atom stereocenters. The third-order valence-corrected chi connectivity index (χ3v) is 5.63. The predicted octanol–water partition coefficient (Wildman–Crippen LogP) is 5.42. The normalized spacial score (nSPS) is 11.8. The summed E-state index contributed by atoms with van der Waals surface area (Å²) in [6, 6.07) is 19.0. The summed E-state index contributed by atoms with van der Waals surface area (Å²) in [5.41, 5.74) is 1.64. The Hall–Kier alpha value is -2.50. The van der Waals surface area contributed by atoms with Crippen molar-refractivity contribution in [2.75, 3.05) is 11.1 Å². The first-order valence-corrected chi connectivity index (χ1v) is 10.3. The highest BCUT2D eigenvalue weighted by molar-refractivity contribution is 8.00. The van der Waals surface area contributed by atoms with E-state index in [0.29, 0.717) is 16.5 Å². The van der Waals surface area contributed by atoms with E-state index in [1.807, 2.05) is 67.6 Å². The van der Waals surface area contributed by atoms with Crippen molar-refractivity contribution >= 4 is 51.6 Å². The minimum atomic E-state index is -0.169. The highest BCUT2D eigenvalue weighted by Crippen LogP contribution is 2.33. The SMILES string of the molecule is CC(=O)Nc1cccc(C(C)NC(=O)CSc2cccc3cccc(Cl)c23)c1. The number of amides is 2. The molecule has 3 rings (SSSR count). The molecular formula is C22H21ClN2O2S. The van der Waals surface area contributed by atoms with Gasteiger partial charge >= 0.3 is 0 Å². The largest absolute Gasteiger partial charge is 0.349 e. The quantitative estimate of drug-likeness (QED) is 0.531. The number of hydrogen-bond donors (Lipinski definition) is 2. The van der Waals surface area contributed by atoms with Gasteiger partial charge in [0, 0.05) is 27.9 Å². The number of halogens is 1. The van der Waals surface area contributed by atoms with E-state index < -0.39 is 0 Å². The second kappa shape index (κ2) is 9.13. The van der Waals surface area contributed by atoms with Crippen LogP contribution in [0.2, 0.25) is 5.02 Å². The summed E-state index contributed by atoms with van der Waals surface area (Å²) in [7, 11) is 0. The Kier molecular flexibility index (Phi) is 6.60. The zero-order valence-electron chi connectivity index (χ0n) is 15.7. The molecule has 1 unspecified atom stereocenters. The Morgan fingerprint density at radius 3 is 2.54 bits per heavy atom. The number of hydrogen-bond acceptors (Lipinski definition) is 3. The molecule has 3 aromatic rings. The molecule has 0 spiro atoms. The van der Waals surface area contributed by atoms with Gasteiger partial charge in [0.05, 0.1) is 11.8 Å². The van der Waals surface area contributed by atoms with Crippen LogP contribution in [0.3, 0.4) is 0 Å². The maximum Gasteiger partial charge on any atom is 0.230 e. The van der Waals surface area contributed by atoms with Crippen molar-refractivity contribution in [3.8, 4) is 0 Å². The maximum atomic E-state index is 12.4. The Balaban J connectivity index is 1.64. The molecule has 0 aliphatic carbocycles. The van der Waals surface area contributed by atoms with Gasteiger partial charge in [-0.15, -0.1) is 11.8 Å². The van der Waals surface area contributed by atoms with Gasteiger partial charge in [-0.2, -0.15) is 0 Å². The Morgan fingerprint density at radius 2 is 1.79 bits per heavy atom. The summed E-state index contributed by atoms with van der Waals surface area (Å²) >= 11 is 7.82. The van der Waals surface area contributed by atoms with Gasteiger partial charge in [-0.1, -0.05) is 48.0 Å². The van der Waals surface area contributed by atoms with E-state index in [1.165, 1.54) is 18.7 Å². The molecule has 6 heteroatoms. The van der Waals surface area contributed by atoms with Crippen molar-refractivity contribution in [1.29, 1.82) is 0 Å². The second-order valence-electron chi connectivity index (χ2n) is 6.48. The fourth-order valence-electron chi connectivity index (χ4n) is 2.98. The van der Waals surface area contributed by atoms with Crippen LogP contribution in [0.15, 0.2) is 65.6 Å². The van der Waals surface area contributed by atoms with Crippen molar-refractivity contribution in [3.05, 3.63) is 71.2 Å². The molecule has 0 saturated heterocycles. The molecule has 0 aliphatic rings. The van der Waals surface area contributed by atoms with Gasteiger partial charge in [-0.3, -0.25) is 9.59 Å². The summed E-state index contributed by atoms with van der Waals surface area (Å²) in [5.74, 6) is 0.102. The molecule has 0 aromatic heterocycles. The van der Waals surface area contributed by atoms with Gasteiger partial charge in [0.25, 0.3) is 0 Å². The van der Waals surface area contributed by atoms with Crippen LogP contribution in [0.5, 0.6) is 0 Å². The van der Waals surface area contributed by atoms with E-state index in [-0.39, 0.29) is 17.9 Å². The van der Waals surface area contributed by atoms with Crippen molar-refractivity contribution in [2.24, 2.45) is 0 Å². The average Bonchev–Trinajstić information content (AvgIpc) is 2.66. The van der Waals surface area contributed by atoms with E-state index in [0.717, 1.165) is 21.2 Å². The van der Waals surface area contributed by atoms with Crippen LogP contribution in [0.4, 0.5) is 5.69 Å². The van der Waals surface area contributed by atoms with E-state index in [1.54, 1.807) is 0 Å². The molecule has 2 amide bonds. The van der Waals surface area contributed by atoms with Gasteiger partial charge in [0.1, 0.15) is 0 Å². The number of carbonyl (C=O) groups is 2. The predicted molar refractivity (Wildman–Crippen MR) is 117 cm³/mol. The van der Waals surface area contributed by atoms with Crippen LogP contribution >= 0.6 is 23.4 Å². The van der Waals surface area contributed by atoms with Crippen LogP contribution in [-0.4, -0.2) is 17.6 Å². The fourth-order valence-corrected chi connectivity index (χ4v) is 4.24. The lowest BCUT2D eigenvalue weighted by molar-refractivity contribution is -0.119. The molecule has 28 heavy (non-hydrogen) atoms. The first kappa shape index (κ1) is 20.2. The third-order valence-electron chi connectivity index (χ3n) is 4.26. The van der Waals surface area contributed by atoms with E-state index >= 15 is 0 Å². The minimum Gasteiger partial charge on any atom is -0.349 e. The average molecular weight is 413 g/mol. The maximum absolute atomic E-state index is 12.4. The Labute approximate surface area is 173 Å². The van der Waals surface area contributed by atoms with Crippen LogP contribution in [0, 0.1) is 0 Å². The van der Waals surface area contributed by atoms with Gasteiger partial charge in [0.2, 0.25) is 11.8 Å². The van der Waals surface area contributed by atoms with Crippen molar-refractivity contribution < 1.29 is 9.59 Å². The topological polar surface area (TPSA) is 58.2 Å². The second-order valence-corrected chi connectivity index (χ2v) is 7.90. The molecule has 0 heterocycles. The van der Waals surface area contributed by atoms with Gasteiger partial charge in [0.15, 0.2) is 0 Å². The monoisotopic (exact) mass is 412 g/mol. The minimum absolute atomic E-state index is 0.0634. The van der Waals surface area contributed by atoms with Gasteiger partial charge in [-0.05, 0) is 42.1 Å². The van der Waals surface area contributed by atoms with Crippen molar-refractivity contribution in [1.82, 2.24) is 5.32 Å². The summed E-state index contributed by atoms with van der Waals surface area (Å²) in [4.78, 5) is 24.6. The highest BCUT2D eigenvalue weighted by Gasteiger charge is 2.12. The van der Waals surface area contributed by atoms with Crippen LogP contribution in [-0.2, 0) is 9.59 Å². The number of rotatable bonds is 6. The van der Waals surface area contributed by atoms with Crippen molar-refractivity contribution in [2.45, 2.75) is 24.8 Å². The Bertz CT molecular complexity index is 1020. The first-order chi connectivity index (χ1) is 13.4. The van der Waals surface area contributed by atoms with E-state index in [9.17, 15) is 9.59 Å². The van der Waals surface area contributed by atoms with E-state index in [4.69, 9.17) is 11.6 Å². The smallest absolute Gasteiger partial charge is 0.230 e. The number of thioether (sulfide) groups is 1. The zero-order chi connectivity index (χ0) is 20.1. The molecule has 0 fully saturated rings. The van der Waals surface area contributed by atoms with Crippen molar-refractivity contribution in [3.63, 3.8) is 0 Å². The molecule has 144 valence electrons. The lowest BCUT2D eigenvalue weighted by Crippen LogP contribution is -2.28. The molecule has 2 N–H and O–H groups in total.